The van der Waals surface area contributed by atoms with E-state index in [0.29, 0.717) is 19.0 Å². The molecule has 0 aromatic heterocycles. The molecule has 25 heavy (non-hydrogen) atoms. The summed E-state index contributed by atoms with van der Waals surface area (Å²) in [6, 6.07) is 10.1. The van der Waals surface area contributed by atoms with E-state index < -0.39 is 0 Å². The Morgan fingerprint density at radius 1 is 1.12 bits per heavy atom. The number of hydrogen-bond acceptors (Lipinski definition) is 3. The van der Waals surface area contributed by atoms with Gasteiger partial charge in [0.1, 0.15) is 6.04 Å². The minimum absolute atomic E-state index is 0.0991. The first kappa shape index (κ1) is 17.9. The minimum atomic E-state index is -0.261. The highest BCUT2D eigenvalue weighted by molar-refractivity contribution is 5.83. The maximum absolute atomic E-state index is 12.9. The standard InChI is InChI=1S/C20H29N3O2/c1-2-7-18(24)22-12-6-13-23(15-14-22)19(16-8-4-3-5-9-16)20(25)21-17-10-11-17/h3-5,8-9,17,19H,2,6-7,10-15H2,1H3,(H,21,25)/t19-/m0/s1. The molecule has 1 aliphatic heterocycles. The van der Waals surface area contributed by atoms with E-state index in [1.165, 1.54) is 0 Å². The van der Waals surface area contributed by atoms with E-state index in [1.54, 1.807) is 0 Å². The molecule has 2 amide bonds. The number of rotatable bonds is 6. The van der Waals surface area contributed by atoms with Crippen LogP contribution in [-0.4, -0.2) is 53.8 Å². The summed E-state index contributed by atoms with van der Waals surface area (Å²) in [5.41, 5.74) is 1.04. The summed E-state index contributed by atoms with van der Waals surface area (Å²) in [6.07, 6.45) is 4.59. The SMILES string of the molecule is CCCC(=O)N1CCCN([C@H](C(=O)NC2CC2)c2ccccc2)CC1. The van der Waals surface area contributed by atoms with Crippen LogP contribution in [0, 0.1) is 0 Å². The second-order valence-electron chi connectivity index (χ2n) is 7.12. The number of carbonyl (C=O) groups excluding carboxylic acids is 2. The van der Waals surface area contributed by atoms with Gasteiger partial charge in [-0.25, -0.2) is 0 Å². The Kier molecular flexibility index (Phi) is 6.08. The largest absolute Gasteiger partial charge is 0.352 e. The predicted octanol–water partition coefficient (Wildman–Crippen LogP) is 2.34. The summed E-state index contributed by atoms with van der Waals surface area (Å²) in [5, 5.41) is 3.16. The zero-order valence-electron chi connectivity index (χ0n) is 15.1. The fourth-order valence-corrected chi connectivity index (χ4v) is 3.49. The van der Waals surface area contributed by atoms with Gasteiger partial charge in [0, 0.05) is 38.6 Å². The normalized spacial score (nSPS) is 20.0. The van der Waals surface area contributed by atoms with Crippen molar-refractivity contribution < 1.29 is 9.59 Å². The lowest BCUT2D eigenvalue weighted by atomic mass is 10.0. The van der Waals surface area contributed by atoms with Gasteiger partial charge < -0.3 is 10.2 Å². The second-order valence-corrected chi connectivity index (χ2v) is 7.12. The Morgan fingerprint density at radius 3 is 2.56 bits per heavy atom. The van der Waals surface area contributed by atoms with Gasteiger partial charge in [-0.15, -0.1) is 0 Å². The van der Waals surface area contributed by atoms with Crippen molar-refractivity contribution in [2.24, 2.45) is 0 Å². The first-order valence-electron chi connectivity index (χ1n) is 9.56. The van der Waals surface area contributed by atoms with Crippen molar-refractivity contribution in [2.75, 3.05) is 26.2 Å². The third-order valence-corrected chi connectivity index (χ3v) is 5.00. The van der Waals surface area contributed by atoms with Crippen molar-refractivity contribution in [3.05, 3.63) is 35.9 Å². The molecule has 0 radical (unpaired) electrons. The van der Waals surface area contributed by atoms with Crippen LogP contribution in [0.5, 0.6) is 0 Å². The van der Waals surface area contributed by atoms with Crippen LogP contribution < -0.4 is 5.32 Å². The summed E-state index contributed by atoms with van der Waals surface area (Å²) in [7, 11) is 0. The predicted molar refractivity (Wildman–Crippen MR) is 98.0 cm³/mol. The van der Waals surface area contributed by atoms with Gasteiger partial charge in [-0.05, 0) is 31.2 Å². The van der Waals surface area contributed by atoms with E-state index in [0.717, 1.165) is 50.9 Å². The van der Waals surface area contributed by atoms with Crippen molar-refractivity contribution in [3.8, 4) is 0 Å². The van der Waals surface area contributed by atoms with E-state index in [4.69, 9.17) is 0 Å². The maximum Gasteiger partial charge on any atom is 0.242 e. The molecular weight excluding hydrogens is 314 g/mol. The molecule has 1 aromatic rings. The molecule has 1 aromatic carbocycles. The summed E-state index contributed by atoms with van der Waals surface area (Å²) >= 11 is 0. The van der Waals surface area contributed by atoms with Crippen molar-refractivity contribution in [1.29, 1.82) is 0 Å². The zero-order chi connectivity index (χ0) is 17.6. The average Bonchev–Trinajstić information content (AvgIpc) is 3.43. The molecule has 136 valence electrons. The second kappa shape index (κ2) is 8.48. The lowest BCUT2D eigenvalue weighted by Gasteiger charge is -2.30. The molecule has 1 N–H and O–H groups in total. The van der Waals surface area contributed by atoms with E-state index in [1.807, 2.05) is 42.2 Å². The maximum atomic E-state index is 12.9. The Bertz CT molecular complexity index is 586. The summed E-state index contributed by atoms with van der Waals surface area (Å²) in [4.78, 5) is 29.3. The molecule has 2 fully saturated rings. The monoisotopic (exact) mass is 343 g/mol. The van der Waals surface area contributed by atoms with E-state index in [-0.39, 0.29) is 17.9 Å². The first-order valence-corrected chi connectivity index (χ1v) is 9.56. The van der Waals surface area contributed by atoms with Gasteiger partial charge in [0.05, 0.1) is 0 Å². The van der Waals surface area contributed by atoms with Crippen LogP contribution >= 0.6 is 0 Å². The number of amides is 2. The number of nitrogens with zero attached hydrogens (tertiary/aromatic N) is 2. The number of nitrogens with one attached hydrogen (secondary N) is 1. The lowest BCUT2D eigenvalue weighted by Crippen LogP contribution is -2.43. The van der Waals surface area contributed by atoms with E-state index in [9.17, 15) is 9.59 Å². The van der Waals surface area contributed by atoms with Crippen LogP contribution in [0.25, 0.3) is 0 Å². The fourth-order valence-electron chi connectivity index (χ4n) is 3.49. The Balaban J connectivity index is 1.71. The van der Waals surface area contributed by atoms with Gasteiger partial charge in [0.2, 0.25) is 11.8 Å². The quantitative estimate of drug-likeness (QED) is 0.863. The van der Waals surface area contributed by atoms with Crippen LogP contribution in [0.2, 0.25) is 0 Å². The molecule has 2 aliphatic rings. The first-order chi connectivity index (χ1) is 12.2. The van der Waals surface area contributed by atoms with Crippen LogP contribution in [-0.2, 0) is 9.59 Å². The van der Waals surface area contributed by atoms with Crippen LogP contribution in [0.15, 0.2) is 30.3 Å². The van der Waals surface area contributed by atoms with Gasteiger partial charge in [-0.1, -0.05) is 37.3 Å². The van der Waals surface area contributed by atoms with Crippen LogP contribution in [0.1, 0.15) is 50.6 Å². The van der Waals surface area contributed by atoms with Crippen molar-refractivity contribution in [1.82, 2.24) is 15.1 Å². The van der Waals surface area contributed by atoms with E-state index in [2.05, 4.69) is 10.2 Å². The van der Waals surface area contributed by atoms with E-state index >= 15 is 0 Å². The average molecular weight is 343 g/mol. The third kappa shape index (κ3) is 4.82. The van der Waals surface area contributed by atoms with Gasteiger partial charge in [0.25, 0.3) is 0 Å². The Hall–Kier alpha value is -1.88. The minimum Gasteiger partial charge on any atom is -0.352 e. The number of hydrogen-bond donors (Lipinski definition) is 1. The molecule has 1 heterocycles. The zero-order valence-corrected chi connectivity index (χ0v) is 15.1. The molecule has 0 unspecified atom stereocenters. The van der Waals surface area contributed by atoms with Gasteiger partial charge in [-0.3, -0.25) is 14.5 Å². The molecule has 1 saturated heterocycles. The van der Waals surface area contributed by atoms with Gasteiger partial charge in [0.15, 0.2) is 0 Å². The fraction of sp³-hybridized carbons (Fsp3) is 0.600. The van der Waals surface area contributed by atoms with Crippen molar-refractivity contribution >= 4 is 11.8 Å². The molecule has 5 heteroatoms. The highest BCUT2D eigenvalue weighted by atomic mass is 16.2. The topological polar surface area (TPSA) is 52.7 Å². The third-order valence-electron chi connectivity index (χ3n) is 5.00. The highest BCUT2D eigenvalue weighted by Gasteiger charge is 2.33. The summed E-state index contributed by atoms with van der Waals surface area (Å²) in [5.74, 6) is 0.338. The van der Waals surface area contributed by atoms with Gasteiger partial charge in [-0.2, -0.15) is 0 Å². The molecule has 1 aliphatic carbocycles. The Labute approximate surface area is 150 Å². The number of benzene rings is 1. The highest BCUT2D eigenvalue weighted by Crippen LogP contribution is 2.26. The van der Waals surface area contributed by atoms with Gasteiger partial charge >= 0.3 is 0 Å². The van der Waals surface area contributed by atoms with Crippen LogP contribution in [0.3, 0.4) is 0 Å². The molecule has 1 atom stereocenters. The number of carbonyl (C=O) groups is 2. The summed E-state index contributed by atoms with van der Waals surface area (Å²) < 4.78 is 0. The molecule has 5 nitrogen and oxygen atoms in total. The molecule has 3 rings (SSSR count). The summed E-state index contributed by atoms with van der Waals surface area (Å²) in [6.45, 7) is 5.12. The Morgan fingerprint density at radius 2 is 1.88 bits per heavy atom. The van der Waals surface area contributed by atoms with Crippen LogP contribution in [0.4, 0.5) is 0 Å². The van der Waals surface area contributed by atoms with Crippen molar-refractivity contribution in [2.45, 2.75) is 51.1 Å². The van der Waals surface area contributed by atoms with Crippen molar-refractivity contribution in [3.63, 3.8) is 0 Å². The molecule has 1 saturated carbocycles. The molecular formula is C20H29N3O2. The smallest absolute Gasteiger partial charge is 0.242 e. The molecule has 0 spiro atoms. The molecule has 0 bridgehead atoms. The lowest BCUT2D eigenvalue weighted by molar-refractivity contribution is -0.131.